The van der Waals surface area contributed by atoms with Gasteiger partial charge in [-0.05, 0) is 30.2 Å². The number of hydrogen-bond donors (Lipinski definition) is 1. The van der Waals surface area contributed by atoms with Gasteiger partial charge in [-0.1, -0.05) is 29.3 Å². The van der Waals surface area contributed by atoms with Crippen molar-refractivity contribution in [2.45, 2.75) is 13.3 Å². The molecular weight excluding hydrogens is 293 g/mol. The highest BCUT2D eigenvalue weighted by molar-refractivity contribution is 6.35. The molecule has 20 heavy (non-hydrogen) atoms. The number of H-pyrrole nitrogens is 1. The Labute approximate surface area is 129 Å². The summed E-state index contributed by atoms with van der Waals surface area (Å²) in [4.78, 5) is 9.60. The van der Waals surface area contributed by atoms with Gasteiger partial charge in [-0.2, -0.15) is 0 Å². The van der Waals surface area contributed by atoms with Crippen molar-refractivity contribution < 1.29 is 0 Å². The normalized spacial score (nSPS) is 11.8. The molecule has 0 bridgehead atoms. The van der Waals surface area contributed by atoms with Crippen LogP contribution in [0.2, 0.25) is 10.0 Å². The number of nitrogens with zero attached hydrogens (tertiary/aromatic N) is 2. The van der Waals surface area contributed by atoms with Gasteiger partial charge >= 0.3 is 0 Å². The summed E-state index contributed by atoms with van der Waals surface area (Å²) in [5, 5.41) is 1.32. The van der Waals surface area contributed by atoms with Crippen LogP contribution in [0.3, 0.4) is 0 Å². The zero-order chi connectivity index (χ0) is 14.7. The van der Waals surface area contributed by atoms with E-state index in [-0.39, 0.29) is 0 Å². The van der Waals surface area contributed by atoms with Crippen LogP contribution in [0.15, 0.2) is 30.6 Å². The molecule has 0 fully saturated rings. The SMILES string of the molecule is Cc1nc(C(=CN(C)C)Cc2ccc(Cl)cc2Cl)c[nH]1. The summed E-state index contributed by atoms with van der Waals surface area (Å²) >= 11 is 12.2. The highest BCUT2D eigenvalue weighted by Crippen LogP contribution is 2.26. The van der Waals surface area contributed by atoms with Gasteiger partial charge < -0.3 is 9.88 Å². The van der Waals surface area contributed by atoms with Gasteiger partial charge in [0.2, 0.25) is 0 Å². The molecule has 0 atom stereocenters. The first-order chi connectivity index (χ1) is 9.45. The molecule has 2 aromatic rings. The number of allylic oxidation sites excluding steroid dienone is 1. The summed E-state index contributed by atoms with van der Waals surface area (Å²) in [6.07, 6.45) is 4.67. The van der Waals surface area contributed by atoms with Crippen molar-refractivity contribution >= 4 is 28.8 Å². The smallest absolute Gasteiger partial charge is 0.103 e. The molecule has 106 valence electrons. The molecule has 1 heterocycles. The van der Waals surface area contributed by atoms with E-state index in [1.165, 1.54) is 0 Å². The van der Waals surface area contributed by atoms with Gasteiger partial charge in [0.15, 0.2) is 0 Å². The van der Waals surface area contributed by atoms with E-state index < -0.39 is 0 Å². The number of halogens is 2. The van der Waals surface area contributed by atoms with Crippen molar-refractivity contribution in [1.82, 2.24) is 14.9 Å². The third-order valence-corrected chi connectivity index (χ3v) is 3.43. The number of imidazole rings is 1. The van der Waals surface area contributed by atoms with Crippen molar-refractivity contribution in [3.8, 4) is 0 Å². The maximum absolute atomic E-state index is 6.25. The van der Waals surface area contributed by atoms with Crippen molar-refractivity contribution in [2.75, 3.05) is 14.1 Å². The number of nitrogens with one attached hydrogen (secondary N) is 1. The molecule has 1 aromatic carbocycles. The minimum atomic E-state index is 0.646. The van der Waals surface area contributed by atoms with Crippen molar-refractivity contribution in [1.29, 1.82) is 0 Å². The fourth-order valence-electron chi connectivity index (χ4n) is 1.97. The lowest BCUT2D eigenvalue weighted by atomic mass is 10.0. The Morgan fingerprint density at radius 3 is 2.65 bits per heavy atom. The zero-order valence-electron chi connectivity index (χ0n) is 11.7. The molecule has 5 heteroatoms. The lowest BCUT2D eigenvalue weighted by molar-refractivity contribution is 0.564. The Hall–Kier alpha value is -1.45. The van der Waals surface area contributed by atoms with Crippen LogP contribution in [0.1, 0.15) is 17.1 Å². The zero-order valence-corrected chi connectivity index (χ0v) is 13.3. The first-order valence-electron chi connectivity index (χ1n) is 6.29. The first kappa shape index (κ1) is 14.9. The number of aryl methyl sites for hydroxylation is 1. The van der Waals surface area contributed by atoms with E-state index in [4.69, 9.17) is 23.2 Å². The molecule has 0 spiro atoms. The van der Waals surface area contributed by atoms with Gasteiger partial charge in [-0.15, -0.1) is 0 Å². The van der Waals surface area contributed by atoms with E-state index >= 15 is 0 Å². The van der Waals surface area contributed by atoms with E-state index in [1.54, 1.807) is 6.07 Å². The number of rotatable bonds is 4. The largest absolute Gasteiger partial charge is 0.383 e. The van der Waals surface area contributed by atoms with Crippen LogP contribution in [-0.2, 0) is 6.42 Å². The number of aromatic amines is 1. The minimum Gasteiger partial charge on any atom is -0.383 e. The van der Waals surface area contributed by atoms with Crippen molar-refractivity contribution in [3.63, 3.8) is 0 Å². The van der Waals surface area contributed by atoms with Crippen LogP contribution in [-0.4, -0.2) is 29.0 Å². The van der Waals surface area contributed by atoms with Crippen LogP contribution >= 0.6 is 23.2 Å². The molecule has 1 N–H and O–H groups in total. The van der Waals surface area contributed by atoms with E-state index in [9.17, 15) is 0 Å². The van der Waals surface area contributed by atoms with Crippen molar-refractivity contribution in [2.24, 2.45) is 0 Å². The Balaban J connectivity index is 2.33. The molecule has 0 saturated heterocycles. The van der Waals surface area contributed by atoms with E-state index in [0.717, 1.165) is 22.7 Å². The molecule has 0 aliphatic heterocycles. The lowest BCUT2D eigenvalue weighted by Crippen LogP contribution is -2.04. The highest BCUT2D eigenvalue weighted by Gasteiger charge is 2.10. The Bertz CT molecular complexity index is 630. The molecule has 0 radical (unpaired) electrons. The topological polar surface area (TPSA) is 31.9 Å². The average Bonchev–Trinajstić information content (AvgIpc) is 2.78. The maximum atomic E-state index is 6.25. The van der Waals surface area contributed by atoms with Gasteiger partial charge in [0.05, 0.1) is 5.69 Å². The predicted molar refractivity (Wildman–Crippen MR) is 85.2 cm³/mol. The molecular formula is C15H17Cl2N3. The van der Waals surface area contributed by atoms with Crippen molar-refractivity contribution in [3.05, 3.63) is 57.7 Å². The van der Waals surface area contributed by atoms with Gasteiger partial charge in [0, 0.05) is 43.0 Å². The van der Waals surface area contributed by atoms with E-state index in [0.29, 0.717) is 16.5 Å². The highest BCUT2D eigenvalue weighted by atomic mass is 35.5. The van der Waals surface area contributed by atoms with Crippen LogP contribution in [0.5, 0.6) is 0 Å². The van der Waals surface area contributed by atoms with E-state index in [1.807, 2.05) is 44.2 Å². The van der Waals surface area contributed by atoms with Gasteiger partial charge in [0.1, 0.15) is 5.82 Å². The van der Waals surface area contributed by atoms with Gasteiger partial charge in [-0.25, -0.2) is 4.98 Å². The van der Waals surface area contributed by atoms with E-state index in [2.05, 4.69) is 16.2 Å². The van der Waals surface area contributed by atoms with Gasteiger partial charge in [-0.3, -0.25) is 0 Å². The summed E-state index contributed by atoms with van der Waals surface area (Å²) in [5.74, 6) is 0.895. The Morgan fingerprint density at radius 1 is 1.35 bits per heavy atom. The minimum absolute atomic E-state index is 0.646. The summed E-state index contributed by atoms with van der Waals surface area (Å²) < 4.78 is 0. The quantitative estimate of drug-likeness (QED) is 0.919. The summed E-state index contributed by atoms with van der Waals surface area (Å²) in [6.45, 7) is 1.94. The molecule has 3 nitrogen and oxygen atoms in total. The second-order valence-electron chi connectivity index (χ2n) is 4.90. The molecule has 0 aliphatic carbocycles. The molecule has 2 rings (SSSR count). The summed E-state index contributed by atoms with van der Waals surface area (Å²) in [7, 11) is 3.98. The second-order valence-corrected chi connectivity index (χ2v) is 5.75. The summed E-state index contributed by atoms with van der Waals surface area (Å²) in [5.41, 5.74) is 3.07. The standard InChI is InChI=1S/C15H17Cl2N3/c1-10-18-8-15(19-10)12(9-20(2)3)6-11-4-5-13(16)7-14(11)17/h4-5,7-9H,6H2,1-3H3,(H,18,19). The molecule has 0 saturated carbocycles. The number of aromatic nitrogens is 2. The molecule has 1 aromatic heterocycles. The van der Waals surface area contributed by atoms with Crippen LogP contribution in [0.4, 0.5) is 0 Å². The Morgan fingerprint density at radius 2 is 2.10 bits per heavy atom. The average molecular weight is 310 g/mol. The fourth-order valence-corrected chi connectivity index (χ4v) is 2.44. The predicted octanol–water partition coefficient (Wildman–Crippen LogP) is 4.17. The third kappa shape index (κ3) is 3.78. The second kappa shape index (κ2) is 6.33. The number of hydrogen-bond acceptors (Lipinski definition) is 2. The molecule has 0 aliphatic rings. The first-order valence-corrected chi connectivity index (χ1v) is 7.04. The maximum Gasteiger partial charge on any atom is 0.103 e. The molecule has 0 unspecified atom stereocenters. The third-order valence-electron chi connectivity index (χ3n) is 2.84. The number of benzene rings is 1. The van der Waals surface area contributed by atoms with Gasteiger partial charge in [0.25, 0.3) is 0 Å². The fraction of sp³-hybridized carbons (Fsp3) is 0.267. The Kier molecular flexibility index (Phi) is 4.73. The van der Waals surface area contributed by atoms with Crippen LogP contribution < -0.4 is 0 Å². The van der Waals surface area contributed by atoms with Crippen LogP contribution in [0, 0.1) is 6.92 Å². The summed E-state index contributed by atoms with van der Waals surface area (Å²) in [6, 6.07) is 5.57. The monoisotopic (exact) mass is 309 g/mol. The van der Waals surface area contributed by atoms with Crippen LogP contribution in [0.25, 0.3) is 5.57 Å². The lowest BCUT2D eigenvalue weighted by Gasteiger charge is -2.12. The molecule has 0 amide bonds.